The lowest BCUT2D eigenvalue weighted by molar-refractivity contribution is 0.1000. The number of aromatic nitrogens is 1. The zero-order valence-corrected chi connectivity index (χ0v) is 16.6. The lowest BCUT2D eigenvalue weighted by Crippen LogP contribution is -2.49. The molecule has 0 bridgehead atoms. The summed E-state index contributed by atoms with van der Waals surface area (Å²) in [6, 6.07) is 7.90. The number of pyridine rings is 1. The summed E-state index contributed by atoms with van der Waals surface area (Å²) in [7, 11) is -2.64. The van der Waals surface area contributed by atoms with Crippen LogP contribution in [0.1, 0.15) is 35.3 Å². The van der Waals surface area contributed by atoms with E-state index in [1.165, 1.54) is 19.4 Å². The Morgan fingerprint density at radius 3 is 2.68 bits per heavy atom. The maximum absolute atomic E-state index is 14.8. The van der Waals surface area contributed by atoms with Crippen LogP contribution in [-0.4, -0.2) is 38.6 Å². The Hall–Kier alpha value is -2.56. The molecule has 1 amide bonds. The van der Waals surface area contributed by atoms with Crippen molar-refractivity contribution in [2.75, 3.05) is 18.4 Å². The lowest BCUT2D eigenvalue weighted by Gasteiger charge is -2.25. The van der Waals surface area contributed by atoms with Gasteiger partial charge in [0.25, 0.3) is 0 Å². The molecule has 0 saturated carbocycles. The van der Waals surface area contributed by atoms with Crippen LogP contribution < -0.4 is 15.2 Å². The number of halogens is 1. The van der Waals surface area contributed by atoms with Crippen molar-refractivity contribution in [1.82, 2.24) is 9.71 Å². The highest BCUT2D eigenvalue weighted by molar-refractivity contribution is 7.90. The number of hydrogen-bond donors (Lipinski definition) is 3. The van der Waals surface area contributed by atoms with E-state index in [0.717, 1.165) is 0 Å². The molecule has 0 spiro atoms. The summed E-state index contributed by atoms with van der Waals surface area (Å²) in [5.74, 6) is -1.82. The van der Waals surface area contributed by atoms with E-state index < -0.39 is 33.3 Å². The highest BCUT2D eigenvalue weighted by Crippen LogP contribution is 2.20. The van der Waals surface area contributed by atoms with E-state index in [-0.39, 0.29) is 18.6 Å². The van der Waals surface area contributed by atoms with Gasteiger partial charge in [0.15, 0.2) is 11.6 Å². The Labute approximate surface area is 163 Å². The molecule has 152 valence electrons. The largest absolute Gasteiger partial charge is 0.383 e. The van der Waals surface area contributed by atoms with Crippen LogP contribution >= 0.6 is 0 Å². The number of amides is 1. The molecule has 0 fully saturated rings. The Morgan fingerprint density at radius 1 is 1.32 bits per heavy atom. The molecule has 0 aliphatic heterocycles. The van der Waals surface area contributed by atoms with Gasteiger partial charge >= 0.3 is 10.2 Å². The molecule has 1 aromatic heterocycles. The first-order chi connectivity index (χ1) is 13.0. The first kappa shape index (κ1) is 21.7. The molecule has 4 N–H and O–H groups in total. The number of nitrogens with one attached hydrogen (secondary N) is 2. The van der Waals surface area contributed by atoms with Crippen LogP contribution in [-0.2, 0) is 21.4 Å². The van der Waals surface area contributed by atoms with Crippen molar-refractivity contribution in [3.05, 3.63) is 59.0 Å². The van der Waals surface area contributed by atoms with Gasteiger partial charge in [-0.1, -0.05) is 12.1 Å². The summed E-state index contributed by atoms with van der Waals surface area (Å²) in [6.07, 6.45) is 1.43. The van der Waals surface area contributed by atoms with Crippen LogP contribution in [0.4, 0.5) is 10.2 Å². The number of methoxy groups -OCH3 is 1. The molecule has 0 aliphatic rings. The number of rotatable bonds is 9. The fourth-order valence-electron chi connectivity index (χ4n) is 2.65. The minimum absolute atomic E-state index is 0.125. The van der Waals surface area contributed by atoms with Gasteiger partial charge in [-0.15, -0.1) is 0 Å². The van der Waals surface area contributed by atoms with Crippen molar-refractivity contribution < 1.29 is 22.3 Å². The normalized spacial score (nSPS) is 12.0. The van der Waals surface area contributed by atoms with Crippen molar-refractivity contribution in [2.45, 2.75) is 25.8 Å². The van der Waals surface area contributed by atoms with E-state index in [1.54, 1.807) is 38.1 Å². The number of nitrogens with two attached hydrogens (primary N) is 1. The Morgan fingerprint density at radius 2 is 2.04 bits per heavy atom. The summed E-state index contributed by atoms with van der Waals surface area (Å²) >= 11 is 0. The highest BCUT2D eigenvalue weighted by Gasteiger charge is 2.26. The molecule has 2 aromatic rings. The molecule has 28 heavy (non-hydrogen) atoms. The molecule has 0 saturated heterocycles. The van der Waals surface area contributed by atoms with Gasteiger partial charge in [0.05, 0.1) is 12.1 Å². The van der Waals surface area contributed by atoms with Gasteiger partial charge in [-0.05, 0) is 43.2 Å². The molecule has 1 heterocycles. The number of nitrogens with zero attached hydrogens (tertiary/aromatic N) is 1. The van der Waals surface area contributed by atoms with E-state index in [2.05, 4.69) is 14.4 Å². The van der Waals surface area contributed by atoms with Crippen molar-refractivity contribution in [2.24, 2.45) is 5.73 Å². The second-order valence-electron chi connectivity index (χ2n) is 6.90. The average molecular weight is 410 g/mol. The SMILES string of the molecule is COCC(C)(C)NS(=O)(=O)Nc1nccc(Cc2cccc(C(N)=O)c2)c1F. The Balaban J connectivity index is 2.23. The summed E-state index contributed by atoms with van der Waals surface area (Å²) in [4.78, 5) is 15.1. The van der Waals surface area contributed by atoms with E-state index >= 15 is 0 Å². The summed E-state index contributed by atoms with van der Waals surface area (Å²) < 4.78 is 48.8. The van der Waals surface area contributed by atoms with Crippen LogP contribution in [0.5, 0.6) is 0 Å². The summed E-state index contributed by atoms with van der Waals surface area (Å²) in [5, 5.41) is 0. The molecule has 1 aromatic carbocycles. The number of anilines is 1. The Kier molecular flexibility index (Phi) is 6.70. The molecular weight excluding hydrogens is 387 g/mol. The van der Waals surface area contributed by atoms with Gasteiger partial charge in [-0.2, -0.15) is 13.1 Å². The third-order valence-electron chi connectivity index (χ3n) is 3.72. The molecule has 0 atom stereocenters. The average Bonchev–Trinajstić information content (AvgIpc) is 2.57. The van der Waals surface area contributed by atoms with Gasteiger partial charge in [0.2, 0.25) is 5.91 Å². The summed E-state index contributed by atoms with van der Waals surface area (Å²) in [6.45, 7) is 3.38. The van der Waals surface area contributed by atoms with E-state index in [9.17, 15) is 17.6 Å². The third kappa shape index (κ3) is 5.98. The third-order valence-corrected chi connectivity index (χ3v) is 5.01. The van der Waals surface area contributed by atoms with Gasteiger partial charge < -0.3 is 10.5 Å². The van der Waals surface area contributed by atoms with E-state index in [0.29, 0.717) is 11.1 Å². The smallest absolute Gasteiger partial charge is 0.300 e. The van der Waals surface area contributed by atoms with E-state index in [1.807, 2.05) is 0 Å². The second kappa shape index (κ2) is 8.63. The molecule has 8 nitrogen and oxygen atoms in total. The second-order valence-corrected chi connectivity index (χ2v) is 8.31. The topological polar surface area (TPSA) is 123 Å². The fourth-order valence-corrected chi connectivity index (χ4v) is 3.89. The fraction of sp³-hybridized carbons (Fsp3) is 0.333. The maximum atomic E-state index is 14.8. The minimum Gasteiger partial charge on any atom is -0.383 e. The number of carbonyl (C=O) groups is 1. The standard InChI is InChI=1S/C18H23FN4O4S/c1-18(2,11-27-3)23-28(25,26)22-17-15(19)13(7-8-21-17)9-12-5-4-6-14(10-12)16(20)24/h4-8,10,23H,9,11H2,1-3H3,(H2,20,24)(H,21,22). The number of hydrogen-bond acceptors (Lipinski definition) is 5. The maximum Gasteiger partial charge on any atom is 0.300 e. The zero-order chi connectivity index (χ0) is 20.9. The quantitative estimate of drug-likeness (QED) is 0.579. The van der Waals surface area contributed by atoms with E-state index in [4.69, 9.17) is 10.5 Å². The minimum atomic E-state index is -4.09. The first-order valence-electron chi connectivity index (χ1n) is 8.36. The summed E-state index contributed by atoms with van der Waals surface area (Å²) in [5.41, 5.74) is 5.52. The van der Waals surface area contributed by atoms with Crippen LogP contribution in [0.15, 0.2) is 36.5 Å². The molecule has 2 rings (SSSR count). The van der Waals surface area contributed by atoms with Crippen LogP contribution in [0, 0.1) is 5.82 Å². The predicted octanol–water partition coefficient (Wildman–Crippen LogP) is 1.58. The predicted molar refractivity (Wildman–Crippen MR) is 104 cm³/mol. The number of carbonyl (C=O) groups excluding carboxylic acids is 1. The Bertz CT molecular complexity index is 964. The molecule has 0 radical (unpaired) electrons. The van der Waals surface area contributed by atoms with Crippen LogP contribution in [0.2, 0.25) is 0 Å². The first-order valence-corrected chi connectivity index (χ1v) is 9.84. The zero-order valence-electron chi connectivity index (χ0n) is 15.8. The van der Waals surface area contributed by atoms with Crippen LogP contribution in [0.25, 0.3) is 0 Å². The molecular formula is C18H23FN4O4S. The van der Waals surface area contributed by atoms with Crippen molar-refractivity contribution >= 4 is 21.9 Å². The highest BCUT2D eigenvalue weighted by atomic mass is 32.2. The van der Waals surface area contributed by atoms with Crippen molar-refractivity contribution in [3.63, 3.8) is 0 Å². The monoisotopic (exact) mass is 410 g/mol. The van der Waals surface area contributed by atoms with Crippen LogP contribution in [0.3, 0.4) is 0 Å². The molecule has 0 aliphatic carbocycles. The molecule has 0 unspecified atom stereocenters. The van der Waals surface area contributed by atoms with Gasteiger partial charge in [0, 0.05) is 25.3 Å². The van der Waals surface area contributed by atoms with Gasteiger partial charge in [-0.25, -0.2) is 9.37 Å². The number of primary amides is 1. The van der Waals surface area contributed by atoms with Crippen molar-refractivity contribution in [1.29, 1.82) is 0 Å². The van der Waals surface area contributed by atoms with Gasteiger partial charge in [-0.3, -0.25) is 9.52 Å². The lowest BCUT2D eigenvalue weighted by atomic mass is 10.0. The van der Waals surface area contributed by atoms with Gasteiger partial charge in [0.1, 0.15) is 0 Å². The molecule has 10 heteroatoms. The van der Waals surface area contributed by atoms with Crippen molar-refractivity contribution in [3.8, 4) is 0 Å². The number of benzene rings is 1. The number of ether oxygens (including phenoxy) is 1.